The first kappa shape index (κ1) is 29.1. The van der Waals surface area contributed by atoms with Crippen molar-refractivity contribution in [3.8, 4) is 0 Å². The van der Waals surface area contributed by atoms with Gasteiger partial charge in [0.25, 0.3) is 0 Å². The summed E-state index contributed by atoms with van der Waals surface area (Å²) in [6, 6.07) is 5.42. The van der Waals surface area contributed by atoms with Crippen LogP contribution in [0.1, 0.15) is 84.4 Å². The molecule has 0 radical (unpaired) electrons. The number of nitrogens with zero attached hydrogens (tertiary/aromatic N) is 1. The van der Waals surface area contributed by atoms with Crippen LogP contribution >= 0.6 is 0 Å². The third kappa shape index (κ3) is 7.31. The van der Waals surface area contributed by atoms with Crippen molar-refractivity contribution < 1.29 is 8.60 Å². The van der Waals surface area contributed by atoms with Gasteiger partial charge in [0.05, 0.1) is 16.5 Å². The highest BCUT2D eigenvalue weighted by atomic mass is 32.2. The lowest BCUT2D eigenvalue weighted by molar-refractivity contribution is 0.514. The van der Waals surface area contributed by atoms with Gasteiger partial charge in [0, 0.05) is 34.4 Å². The van der Waals surface area contributed by atoms with Crippen molar-refractivity contribution in [2.75, 3.05) is 11.6 Å². The van der Waals surface area contributed by atoms with Crippen molar-refractivity contribution in [2.24, 2.45) is 17.3 Å². The number of benzene rings is 1. The summed E-state index contributed by atoms with van der Waals surface area (Å²) in [5.41, 5.74) is 4.69. The number of hydrogen-bond donors (Lipinski definition) is 2. The summed E-state index contributed by atoms with van der Waals surface area (Å²) in [6.45, 7) is 17.2. The van der Waals surface area contributed by atoms with Crippen LogP contribution in [0.15, 0.2) is 59.0 Å². The highest BCUT2D eigenvalue weighted by molar-refractivity contribution is 7.84. The molecule has 6 heteroatoms. The Morgan fingerprint density at radius 1 is 1.32 bits per heavy atom. The molecule has 3 atom stereocenters. The fourth-order valence-electron chi connectivity index (χ4n) is 5.21. The summed E-state index contributed by atoms with van der Waals surface area (Å²) in [6.07, 6.45) is 12.9. The highest BCUT2D eigenvalue weighted by Gasteiger charge is 2.30. The van der Waals surface area contributed by atoms with Crippen LogP contribution in [-0.4, -0.2) is 20.7 Å². The molecule has 1 aliphatic rings. The second kappa shape index (κ2) is 12.4. The summed E-state index contributed by atoms with van der Waals surface area (Å²) in [5, 5.41) is 10.8. The molecule has 1 aromatic heterocycles. The monoisotopic (exact) mass is 525 g/mol. The molecule has 0 saturated heterocycles. The van der Waals surface area contributed by atoms with E-state index in [4.69, 9.17) is 0 Å². The SMILES string of the molecule is C=C/C(=C\C(=C/C(C)C)C1CCC(c2cc(Nc3ccc(S(C)=O)c(CCC)c3F)n[nH]2)C1)C(C)(C)C. The Labute approximate surface area is 225 Å². The zero-order valence-corrected chi connectivity index (χ0v) is 24.4. The number of allylic oxidation sites excluding steroid dienone is 5. The number of hydrogen-bond acceptors (Lipinski definition) is 3. The Kier molecular flexibility index (Phi) is 9.74. The van der Waals surface area contributed by atoms with Gasteiger partial charge in [0.1, 0.15) is 0 Å². The van der Waals surface area contributed by atoms with E-state index in [1.54, 1.807) is 18.4 Å². The molecule has 1 heterocycles. The molecule has 1 fully saturated rings. The minimum atomic E-state index is -1.23. The van der Waals surface area contributed by atoms with Crippen molar-refractivity contribution in [3.63, 3.8) is 0 Å². The molecular formula is C31H44FN3OS. The zero-order chi connectivity index (χ0) is 27.3. The van der Waals surface area contributed by atoms with E-state index >= 15 is 4.39 Å². The van der Waals surface area contributed by atoms with Gasteiger partial charge in [-0.2, -0.15) is 5.10 Å². The van der Waals surface area contributed by atoms with Gasteiger partial charge in [-0.15, -0.1) is 0 Å². The third-order valence-corrected chi connectivity index (χ3v) is 8.15. The molecule has 2 N–H and O–H groups in total. The van der Waals surface area contributed by atoms with E-state index < -0.39 is 10.8 Å². The van der Waals surface area contributed by atoms with Gasteiger partial charge in [0.2, 0.25) is 0 Å². The molecule has 3 unspecified atom stereocenters. The Bertz CT molecular complexity index is 1190. The number of anilines is 2. The molecule has 2 aromatic rings. The van der Waals surface area contributed by atoms with E-state index in [9.17, 15) is 4.21 Å². The molecule has 0 spiro atoms. The average molecular weight is 526 g/mol. The van der Waals surface area contributed by atoms with Crippen LogP contribution in [-0.2, 0) is 17.2 Å². The first-order valence-corrected chi connectivity index (χ1v) is 15.0. The molecule has 37 heavy (non-hydrogen) atoms. The summed E-state index contributed by atoms with van der Waals surface area (Å²) in [5.74, 6) is 1.60. The lowest BCUT2D eigenvalue weighted by atomic mass is 9.82. The van der Waals surface area contributed by atoms with Crippen LogP contribution in [0.25, 0.3) is 0 Å². The van der Waals surface area contributed by atoms with Gasteiger partial charge in [-0.25, -0.2) is 4.39 Å². The molecular weight excluding hydrogens is 481 g/mol. The minimum Gasteiger partial charge on any atom is -0.336 e. The van der Waals surface area contributed by atoms with Crippen molar-refractivity contribution in [3.05, 3.63) is 71.2 Å². The van der Waals surface area contributed by atoms with E-state index in [0.717, 1.165) is 31.4 Å². The van der Waals surface area contributed by atoms with Gasteiger partial charge >= 0.3 is 0 Å². The Balaban J connectivity index is 1.79. The lowest BCUT2D eigenvalue weighted by Crippen LogP contribution is -2.09. The van der Waals surface area contributed by atoms with Crippen molar-refractivity contribution in [1.29, 1.82) is 0 Å². The third-order valence-electron chi connectivity index (χ3n) is 7.15. The van der Waals surface area contributed by atoms with Gasteiger partial charge < -0.3 is 5.32 Å². The number of aromatic nitrogens is 2. The maximum Gasteiger partial charge on any atom is 0.152 e. The zero-order valence-electron chi connectivity index (χ0n) is 23.6. The van der Waals surface area contributed by atoms with E-state index in [1.807, 2.05) is 19.1 Å². The molecule has 202 valence electrons. The minimum absolute atomic E-state index is 0.0520. The van der Waals surface area contributed by atoms with Crippen molar-refractivity contribution in [1.82, 2.24) is 10.2 Å². The predicted molar refractivity (Wildman–Crippen MR) is 155 cm³/mol. The fourth-order valence-corrected chi connectivity index (χ4v) is 6.01. The molecule has 1 aromatic carbocycles. The normalized spacial score (nSPS) is 19.9. The van der Waals surface area contributed by atoms with E-state index in [1.165, 1.54) is 11.1 Å². The molecule has 1 aliphatic carbocycles. The first-order chi connectivity index (χ1) is 17.4. The highest BCUT2D eigenvalue weighted by Crippen LogP contribution is 2.43. The summed E-state index contributed by atoms with van der Waals surface area (Å²) >= 11 is 0. The van der Waals surface area contributed by atoms with E-state index in [0.29, 0.717) is 46.1 Å². The van der Waals surface area contributed by atoms with Crippen LogP contribution in [0.5, 0.6) is 0 Å². The molecule has 1 saturated carbocycles. The number of aromatic amines is 1. The Hall–Kier alpha value is -2.47. The van der Waals surface area contributed by atoms with Crippen LogP contribution in [0.3, 0.4) is 0 Å². The number of halogens is 1. The lowest BCUT2D eigenvalue weighted by Gasteiger charge is -2.23. The molecule has 4 nitrogen and oxygen atoms in total. The van der Waals surface area contributed by atoms with Crippen molar-refractivity contribution >= 4 is 22.3 Å². The second-order valence-corrected chi connectivity index (χ2v) is 13.0. The van der Waals surface area contributed by atoms with Gasteiger partial charge in [-0.05, 0) is 66.2 Å². The molecule has 0 aliphatic heterocycles. The molecule has 0 amide bonds. The van der Waals surface area contributed by atoms with Gasteiger partial charge in [-0.3, -0.25) is 9.31 Å². The Morgan fingerprint density at radius 3 is 2.65 bits per heavy atom. The smallest absolute Gasteiger partial charge is 0.152 e. The van der Waals surface area contributed by atoms with Gasteiger partial charge in [0.15, 0.2) is 11.6 Å². The quantitative estimate of drug-likeness (QED) is 0.305. The average Bonchev–Trinajstić information content (AvgIpc) is 3.48. The largest absolute Gasteiger partial charge is 0.336 e. The standard InChI is InChI=1S/C31H44FN3OS/c1-9-11-25-28(37(8)36)15-14-26(30(25)32)33-29-19-27(34-35-29)22-13-12-21(17-22)23(16-20(3)4)18-24(10-2)31(5,6)7/h10,14-16,18-22H,2,9,11-13,17H2,1,3-8H3,(H2,33,34,35)/b23-16+,24-18+. The summed E-state index contributed by atoms with van der Waals surface area (Å²) < 4.78 is 27.3. The second-order valence-electron chi connectivity index (χ2n) is 11.6. The van der Waals surface area contributed by atoms with Crippen LogP contribution in [0.2, 0.25) is 0 Å². The first-order valence-electron chi connectivity index (χ1n) is 13.5. The molecule has 3 rings (SSSR count). The fraction of sp³-hybridized carbons (Fsp3) is 0.516. The maximum atomic E-state index is 15.3. The van der Waals surface area contributed by atoms with Crippen LogP contribution < -0.4 is 5.32 Å². The van der Waals surface area contributed by atoms with Crippen molar-refractivity contribution in [2.45, 2.75) is 84.5 Å². The van der Waals surface area contributed by atoms with E-state index in [2.05, 4.69) is 68.9 Å². The molecule has 0 bridgehead atoms. The van der Waals surface area contributed by atoms with E-state index in [-0.39, 0.29) is 11.2 Å². The number of H-pyrrole nitrogens is 1. The Morgan fingerprint density at radius 2 is 2.05 bits per heavy atom. The number of nitrogens with one attached hydrogen (secondary N) is 2. The summed E-state index contributed by atoms with van der Waals surface area (Å²) in [4.78, 5) is 0.565. The van der Waals surface area contributed by atoms with Gasteiger partial charge in [-0.1, -0.05) is 72.8 Å². The van der Waals surface area contributed by atoms with Crippen LogP contribution in [0, 0.1) is 23.1 Å². The number of rotatable bonds is 10. The summed E-state index contributed by atoms with van der Waals surface area (Å²) in [7, 11) is -1.23. The predicted octanol–water partition coefficient (Wildman–Crippen LogP) is 8.61. The maximum absolute atomic E-state index is 15.3. The van der Waals surface area contributed by atoms with Crippen LogP contribution in [0.4, 0.5) is 15.9 Å². The topological polar surface area (TPSA) is 57.8 Å².